The average molecular weight is 441 g/mol. The quantitative estimate of drug-likeness (QED) is 0.420. The molecule has 1 aromatic rings. The molecule has 4 saturated carbocycles. The van der Waals surface area contributed by atoms with Gasteiger partial charge in [0.25, 0.3) is 0 Å². The maximum Gasteiger partial charge on any atom is 0.410 e. The number of aryl methyl sites for hydroxylation is 1. The van der Waals surface area contributed by atoms with Gasteiger partial charge in [-0.3, -0.25) is 4.98 Å². The summed E-state index contributed by atoms with van der Waals surface area (Å²) in [5.41, 5.74) is 1.58. The van der Waals surface area contributed by atoms with E-state index in [-0.39, 0.29) is 6.09 Å². The van der Waals surface area contributed by atoms with Crippen molar-refractivity contribution in [1.82, 2.24) is 9.88 Å². The van der Waals surface area contributed by atoms with Gasteiger partial charge in [0.05, 0.1) is 0 Å². The molecule has 32 heavy (non-hydrogen) atoms. The summed E-state index contributed by atoms with van der Waals surface area (Å²) < 4.78 is 5.57. The molecule has 4 bridgehead atoms. The Morgan fingerprint density at radius 3 is 2.22 bits per heavy atom. The van der Waals surface area contributed by atoms with Gasteiger partial charge in [0.15, 0.2) is 0 Å². The third kappa shape index (κ3) is 6.26. The Hall–Kier alpha value is -1.58. The molecule has 178 valence electrons. The molecular formula is C28H44N2O2. The fourth-order valence-electron chi connectivity index (χ4n) is 7.27. The summed E-state index contributed by atoms with van der Waals surface area (Å²) in [6.07, 6.45) is 18.7. The van der Waals surface area contributed by atoms with E-state index in [1.807, 2.05) is 40.2 Å². The highest BCUT2D eigenvalue weighted by atomic mass is 16.6. The fraction of sp³-hybridized carbons (Fsp3) is 0.786. The Labute approximate surface area is 195 Å². The number of carbonyl (C=O) groups is 1. The van der Waals surface area contributed by atoms with Crippen LogP contribution >= 0.6 is 0 Å². The third-order valence-electron chi connectivity index (χ3n) is 8.42. The number of amides is 1. The molecule has 0 saturated heterocycles. The second kappa shape index (κ2) is 9.73. The zero-order chi connectivity index (χ0) is 22.8. The van der Waals surface area contributed by atoms with Crippen LogP contribution in [0, 0.1) is 29.1 Å². The van der Waals surface area contributed by atoms with Gasteiger partial charge in [-0.1, -0.05) is 0 Å². The lowest BCUT2D eigenvalue weighted by molar-refractivity contribution is -0.0603. The molecule has 4 heteroatoms. The van der Waals surface area contributed by atoms with Crippen molar-refractivity contribution in [2.45, 2.75) is 97.0 Å². The summed E-state index contributed by atoms with van der Waals surface area (Å²) in [6, 6.07) is 4.28. The topological polar surface area (TPSA) is 42.4 Å². The Kier molecular flexibility index (Phi) is 7.17. The van der Waals surface area contributed by atoms with Crippen LogP contribution in [-0.4, -0.2) is 35.2 Å². The van der Waals surface area contributed by atoms with Crippen molar-refractivity contribution >= 4 is 6.09 Å². The van der Waals surface area contributed by atoms with Gasteiger partial charge in [-0.15, -0.1) is 0 Å². The van der Waals surface area contributed by atoms with Gasteiger partial charge in [0.2, 0.25) is 0 Å². The smallest absolute Gasteiger partial charge is 0.410 e. The van der Waals surface area contributed by atoms with Crippen LogP contribution in [0.3, 0.4) is 0 Å². The van der Waals surface area contributed by atoms with Gasteiger partial charge < -0.3 is 9.64 Å². The van der Waals surface area contributed by atoms with E-state index in [9.17, 15) is 4.79 Å². The maximum absolute atomic E-state index is 12.4. The lowest BCUT2D eigenvalue weighted by Gasteiger charge is -2.57. The summed E-state index contributed by atoms with van der Waals surface area (Å²) in [6.45, 7) is 6.57. The van der Waals surface area contributed by atoms with Crippen LogP contribution < -0.4 is 0 Å². The molecule has 4 fully saturated rings. The first-order valence-electron chi connectivity index (χ1n) is 13.0. The number of pyridine rings is 1. The highest BCUT2D eigenvalue weighted by molar-refractivity contribution is 5.67. The van der Waals surface area contributed by atoms with Crippen molar-refractivity contribution in [2.24, 2.45) is 29.1 Å². The first kappa shape index (κ1) is 23.6. The van der Waals surface area contributed by atoms with Crippen LogP contribution in [0.15, 0.2) is 24.5 Å². The highest BCUT2D eigenvalue weighted by Gasteiger charge is 2.50. The SMILES string of the molecule is CN(CCC(CCc1ccncc1)CCC12CC3CC(CC(C3)C1)C2)C(=O)OC(C)(C)C. The molecule has 0 radical (unpaired) electrons. The molecule has 5 rings (SSSR count). The lowest BCUT2D eigenvalue weighted by Crippen LogP contribution is -2.46. The summed E-state index contributed by atoms with van der Waals surface area (Å²) >= 11 is 0. The molecule has 4 nitrogen and oxygen atoms in total. The fourth-order valence-corrected chi connectivity index (χ4v) is 7.27. The van der Waals surface area contributed by atoms with Crippen LogP contribution in [0.4, 0.5) is 4.79 Å². The normalized spacial score (nSPS) is 29.7. The van der Waals surface area contributed by atoms with E-state index in [4.69, 9.17) is 4.74 Å². The largest absolute Gasteiger partial charge is 0.444 e. The minimum Gasteiger partial charge on any atom is -0.444 e. The minimum atomic E-state index is -0.440. The molecule has 1 aromatic heterocycles. The van der Waals surface area contributed by atoms with Crippen molar-refractivity contribution in [3.05, 3.63) is 30.1 Å². The number of hydrogen-bond acceptors (Lipinski definition) is 3. The molecule has 4 aliphatic carbocycles. The number of ether oxygens (including phenoxy) is 1. The van der Waals surface area contributed by atoms with E-state index in [0.29, 0.717) is 11.3 Å². The zero-order valence-corrected chi connectivity index (χ0v) is 20.8. The Balaban J connectivity index is 1.33. The van der Waals surface area contributed by atoms with E-state index in [2.05, 4.69) is 17.1 Å². The molecular weight excluding hydrogens is 396 g/mol. The van der Waals surface area contributed by atoms with Gasteiger partial charge >= 0.3 is 6.09 Å². The molecule has 0 N–H and O–H groups in total. The average Bonchev–Trinajstić information content (AvgIpc) is 2.71. The molecule has 1 amide bonds. The van der Waals surface area contributed by atoms with Gasteiger partial charge in [-0.25, -0.2) is 4.79 Å². The van der Waals surface area contributed by atoms with Crippen molar-refractivity contribution in [3.8, 4) is 0 Å². The van der Waals surface area contributed by atoms with Gasteiger partial charge in [0, 0.05) is 26.0 Å². The predicted molar refractivity (Wildman–Crippen MR) is 129 cm³/mol. The number of nitrogens with zero attached hydrogens (tertiary/aromatic N) is 2. The van der Waals surface area contributed by atoms with E-state index >= 15 is 0 Å². The summed E-state index contributed by atoms with van der Waals surface area (Å²) in [4.78, 5) is 18.4. The third-order valence-corrected chi connectivity index (χ3v) is 8.42. The van der Waals surface area contributed by atoms with Crippen molar-refractivity contribution < 1.29 is 9.53 Å². The van der Waals surface area contributed by atoms with E-state index in [1.54, 1.807) is 4.90 Å². The van der Waals surface area contributed by atoms with Crippen molar-refractivity contribution in [3.63, 3.8) is 0 Å². The Morgan fingerprint density at radius 1 is 1.06 bits per heavy atom. The number of hydrogen-bond donors (Lipinski definition) is 0. The summed E-state index contributed by atoms with van der Waals surface area (Å²) in [7, 11) is 1.88. The summed E-state index contributed by atoms with van der Waals surface area (Å²) in [5.74, 6) is 3.72. The standard InChI is InChI=1S/C28H44N2O2/c1-27(2,3)32-26(31)30(4)14-10-21(5-6-22-8-12-29-13-9-22)7-11-28-18-23-15-24(19-28)17-25(16-23)20-28/h8-9,12-13,21,23-25H,5-7,10-11,14-20H2,1-4H3. The lowest BCUT2D eigenvalue weighted by atomic mass is 9.48. The second-order valence-corrected chi connectivity index (χ2v) is 12.4. The zero-order valence-electron chi connectivity index (χ0n) is 20.8. The second-order valence-electron chi connectivity index (χ2n) is 12.4. The molecule has 0 aliphatic heterocycles. The first-order chi connectivity index (χ1) is 15.2. The molecule has 1 unspecified atom stereocenters. The Morgan fingerprint density at radius 2 is 1.66 bits per heavy atom. The van der Waals surface area contributed by atoms with Crippen LogP contribution in [0.25, 0.3) is 0 Å². The minimum absolute atomic E-state index is 0.202. The van der Waals surface area contributed by atoms with E-state index < -0.39 is 5.60 Å². The Bertz CT molecular complexity index is 719. The van der Waals surface area contributed by atoms with E-state index in [0.717, 1.165) is 37.1 Å². The summed E-state index contributed by atoms with van der Waals surface area (Å²) in [5, 5.41) is 0. The van der Waals surface area contributed by atoms with Crippen LogP contribution in [0.5, 0.6) is 0 Å². The van der Waals surface area contributed by atoms with Crippen LogP contribution in [0.1, 0.15) is 90.5 Å². The molecule has 4 aliphatic rings. The molecule has 0 spiro atoms. The number of aromatic nitrogens is 1. The molecule has 1 atom stereocenters. The maximum atomic E-state index is 12.4. The van der Waals surface area contributed by atoms with Crippen LogP contribution in [0.2, 0.25) is 0 Å². The van der Waals surface area contributed by atoms with Gasteiger partial charge in [-0.05, 0) is 138 Å². The molecule has 0 aromatic carbocycles. The highest BCUT2D eigenvalue weighted by Crippen LogP contribution is 2.61. The van der Waals surface area contributed by atoms with E-state index in [1.165, 1.54) is 63.4 Å². The number of carbonyl (C=O) groups excluding carboxylic acids is 1. The number of rotatable bonds is 9. The van der Waals surface area contributed by atoms with Gasteiger partial charge in [0.1, 0.15) is 5.60 Å². The van der Waals surface area contributed by atoms with Crippen molar-refractivity contribution in [2.75, 3.05) is 13.6 Å². The monoisotopic (exact) mass is 440 g/mol. The van der Waals surface area contributed by atoms with Gasteiger partial charge in [-0.2, -0.15) is 0 Å². The molecule has 1 heterocycles. The van der Waals surface area contributed by atoms with Crippen molar-refractivity contribution in [1.29, 1.82) is 0 Å². The first-order valence-corrected chi connectivity index (χ1v) is 13.0. The predicted octanol–water partition coefficient (Wildman–Crippen LogP) is 6.88. The van der Waals surface area contributed by atoms with Crippen LogP contribution in [-0.2, 0) is 11.2 Å².